The van der Waals surface area contributed by atoms with Crippen molar-refractivity contribution in [1.29, 1.82) is 5.26 Å². The van der Waals surface area contributed by atoms with Crippen molar-refractivity contribution < 1.29 is 8.83 Å². The van der Waals surface area contributed by atoms with Crippen LogP contribution in [0.1, 0.15) is 24.1 Å². The van der Waals surface area contributed by atoms with Crippen LogP contribution in [-0.2, 0) is 13.0 Å². The average molecular weight is 375 g/mol. The van der Waals surface area contributed by atoms with E-state index in [-0.39, 0.29) is 6.04 Å². The summed E-state index contributed by atoms with van der Waals surface area (Å²) in [5.41, 5.74) is 8.07. The summed E-state index contributed by atoms with van der Waals surface area (Å²) < 4.78 is 12.0. The van der Waals surface area contributed by atoms with Gasteiger partial charge in [-0.15, -0.1) is 0 Å². The number of halogens is 1. The van der Waals surface area contributed by atoms with Gasteiger partial charge in [0.15, 0.2) is 5.58 Å². The molecule has 3 aromatic heterocycles. The summed E-state index contributed by atoms with van der Waals surface area (Å²) >= 11 is 3.50. The van der Waals surface area contributed by atoms with Gasteiger partial charge in [-0.3, -0.25) is 0 Å². The summed E-state index contributed by atoms with van der Waals surface area (Å²) in [6.45, 7) is 2.39. The molecule has 0 fully saturated rings. The zero-order valence-corrected chi connectivity index (χ0v) is 14.1. The van der Waals surface area contributed by atoms with E-state index in [2.05, 4.69) is 32.3 Å². The highest BCUT2D eigenvalue weighted by Gasteiger charge is 2.19. The third-order valence-electron chi connectivity index (χ3n) is 3.31. The molecule has 0 unspecified atom stereocenters. The van der Waals surface area contributed by atoms with Gasteiger partial charge in [-0.1, -0.05) is 0 Å². The number of nitriles is 1. The van der Waals surface area contributed by atoms with Gasteiger partial charge in [0.25, 0.3) is 0 Å². The molecule has 3 N–H and O–H groups in total. The molecule has 7 heteroatoms. The number of fused-ring (bicyclic) bond motifs is 1. The van der Waals surface area contributed by atoms with Crippen LogP contribution in [0.25, 0.3) is 11.1 Å². The minimum absolute atomic E-state index is 0.0400. The Bertz CT molecular complexity index is 862. The molecule has 0 saturated carbocycles. The highest BCUT2D eigenvalue weighted by molar-refractivity contribution is 9.10. The molecular formula is C16H15BrN4O2. The lowest BCUT2D eigenvalue weighted by Gasteiger charge is -2.05. The zero-order chi connectivity index (χ0) is 16.4. The molecule has 0 radical (unpaired) electrons. The molecule has 0 aliphatic heterocycles. The first-order chi connectivity index (χ1) is 11.1. The second-order valence-electron chi connectivity index (χ2n) is 5.30. The molecule has 6 nitrogen and oxygen atoms in total. The Morgan fingerprint density at radius 3 is 3.00 bits per heavy atom. The number of furan rings is 2. The van der Waals surface area contributed by atoms with Gasteiger partial charge >= 0.3 is 0 Å². The SMILES string of the molecule is C[C@H](N)Cc1oc2c(NCc3ccco3)cc(C#N)nc2c1Br. The van der Waals surface area contributed by atoms with Crippen LogP contribution in [0.2, 0.25) is 0 Å². The molecule has 23 heavy (non-hydrogen) atoms. The Morgan fingerprint density at radius 2 is 2.35 bits per heavy atom. The third-order valence-corrected chi connectivity index (χ3v) is 4.12. The smallest absolute Gasteiger partial charge is 0.177 e. The van der Waals surface area contributed by atoms with Crippen LogP contribution in [0.15, 0.2) is 37.8 Å². The van der Waals surface area contributed by atoms with Gasteiger partial charge in [0, 0.05) is 18.5 Å². The van der Waals surface area contributed by atoms with Crippen molar-refractivity contribution in [3.05, 3.63) is 46.1 Å². The topological polar surface area (TPSA) is 101 Å². The normalized spacial score (nSPS) is 12.3. The Hall–Kier alpha value is -2.30. The van der Waals surface area contributed by atoms with Crippen molar-refractivity contribution in [2.45, 2.75) is 25.9 Å². The van der Waals surface area contributed by atoms with Crippen molar-refractivity contribution in [3.8, 4) is 6.07 Å². The fraction of sp³-hybridized carbons (Fsp3) is 0.250. The number of hydrogen-bond acceptors (Lipinski definition) is 6. The average Bonchev–Trinajstić information content (AvgIpc) is 3.14. The van der Waals surface area contributed by atoms with Crippen LogP contribution in [-0.4, -0.2) is 11.0 Å². The standard InChI is InChI=1S/C16H15BrN4O2/c1-9(19)5-13-14(17)15-16(23-13)12(6-10(7-18)21-15)20-8-11-3-2-4-22-11/h2-4,6,9H,5,8,19H2,1H3,(H,20,21)/t9-/m0/s1. The summed E-state index contributed by atoms with van der Waals surface area (Å²) in [6.07, 6.45) is 2.19. The molecule has 3 rings (SSSR count). The predicted molar refractivity (Wildman–Crippen MR) is 89.8 cm³/mol. The fourth-order valence-corrected chi connectivity index (χ4v) is 2.80. The number of aromatic nitrogens is 1. The van der Waals surface area contributed by atoms with Crippen molar-refractivity contribution in [1.82, 2.24) is 4.98 Å². The van der Waals surface area contributed by atoms with Gasteiger partial charge in [-0.05, 0) is 35.0 Å². The van der Waals surface area contributed by atoms with Gasteiger partial charge in [0.2, 0.25) is 0 Å². The van der Waals surface area contributed by atoms with Crippen molar-refractivity contribution in [3.63, 3.8) is 0 Å². The predicted octanol–water partition coefficient (Wildman–Crippen LogP) is 3.56. The van der Waals surface area contributed by atoms with Crippen LogP contribution in [0, 0.1) is 11.3 Å². The summed E-state index contributed by atoms with van der Waals surface area (Å²) in [6, 6.07) is 7.39. The van der Waals surface area contributed by atoms with Crippen molar-refractivity contribution in [2.24, 2.45) is 5.73 Å². The Balaban J connectivity index is 2.02. The highest BCUT2D eigenvalue weighted by atomic mass is 79.9. The number of rotatable bonds is 5. The van der Waals surface area contributed by atoms with E-state index < -0.39 is 0 Å². The van der Waals surface area contributed by atoms with Gasteiger partial charge < -0.3 is 19.9 Å². The molecule has 3 aromatic rings. The van der Waals surface area contributed by atoms with Crippen molar-refractivity contribution >= 4 is 32.7 Å². The van der Waals surface area contributed by atoms with Gasteiger partial charge in [-0.2, -0.15) is 5.26 Å². The van der Waals surface area contributed by atoms with E-state index in [1.165, 1.54) is 0 Å². The summed E-state index contributed by atoms with van der Waals surface area (Å²) in [5.74, 6) is 1.51. The summed E-state index contributed by atoms with van der Waals surface area (Å²) in [7, 11) is 0. The number of nitrogens with two attached hydrogens (primary N) is 1. The molecule has 0 spiro atoms. The largest absolute Gasteiger partial charge is 0.467 e. The minimum Gasteiger partial charge on any atom is -0.467 e. The number of nitrogens with zero attached hydrogens (tertiary/aromatic N) is 2. The molecule has 0 aliphatic carbocycles. The molecule has 0 bridgehead atoms. The van der Waals surface area contributed by atoms with Crippen LogP contribution >= 0.6 is 15.9 Å². The number of hydrogen-bond donors (Lipinski definition) is 2. The Labute approximate surface area is 141 Å². The fourth-order valence-electron chi connectivity index (χ4n) is 2.29. The van der Waals surface area contributed by atoms with Gasteiger partial charge in [0.05, 0.1) is 23.0 Å². The lowest BCUT2D eigenvalue weighted by Crippen LogP contribution is -2.17. The van der Waals surface area contributed by atoms with E-state index in [9.17, 15) is 5.26 Å². The first-order valence-corrected chi connectivity index (χ1v) is 7.91. The molecule has 0 aromatic carbocycles. The van der Waals surface area contributed by atoms with E-state index in [4.69, 9.17) is 14.6 Å². The molecule has 118 valence electrons. The first kappa shape index (κ1) is 15.6. The van der Waals surface area contributed by atoms with E-state index in [0.717, 1.165) is 16.0 Å². The van der Waals surface area contributed by atoms with Crippen LogP contribution in [0.3, 0.4) is 0 Å². The summed E-state index contributed by atoms with van der Waals surface area (Å²) in [5, 5.41) is 12.4. The maximum Gasteiger partial charge on any atom is 0.177 e. The van der Waals surface area contributed by atoms with E-state index in [0.29, 0.717) is 35.4 Å². The number of nitrogens with one attached hydrogen (secondary N) is 1. The second-order valence-corrected chi connectivity index (χ2v) is 6.09. The van der Waals surface area contributed by atoms with E-state index in [1.54, 1.807) is 12.3 Å². The summed E-state index contributed by atoms with van der Waals surface area (Å²) in [4.78, 5) is 4.32. The lowest BCUT2D eigenvalue weighted by atomic mass is 10.2. The van der Waals surface area contributed by atoms with Crippen molar-refractivity contribution in [2.75, 3.05) is 5.32 Å². The van der Waals surface area contributed by atoms with Crippen LogP contribution < -0.4 is 11.1 Å². The van der Waals surface area contributed by atoms with Crippen LogP contribution in [0.5, 0.6) is 0 Å². The first-order valence-electron chi connectivity index (χ1n) is 7.12. The number of pyridine rings is 1. The van der Waals surface area contributed by atoms with E-state index >= 15 is 0 Å². The number of anilines is 1. The Morgan fingerprint density at radius 1 is 1.52 bits per heavy atom. The van der Waals surface area contributed by atoms with Crippen LogP contribution in [0.4, 0.5) is 5.69 Å². The molecule has 1 atom stereocenters. The zero-order valence-electron chi connectivity index (χ0n) is 12.5. The van der Waals surface area contributed by atoms with Gasteiger partial charge in [-0.25, -0.2) is 4.98 Å². The molecule has 0 saturated heterocycles. The third kappa shape index (κ3) is 3.23. The lowest BCUT2D eigenvalue weighted by molar-refractivity contribution is 0.516. The quantitative estimate of drug-likeness (QED) is 0.707. The highest BCUT2D eigenvalue weighted by Crippen LogP contribution is 2.35. The van der Waals surface area contributed by atoms with E-state index in [1.807, 2.05) is 19.1 Å². The second kappa shape index (κ2) is 6.44. The maximum atomic E-state index is 9.19. The molecular weight excluding hydrogens is 360 g/mol. The minimum atomic E-state index is -0.0400. The molecule has 0 amide bonds. The monoisotopic (exact) mass is 374 g/mol. The Kier molecular flexibility index (Phi) is 4.37. The molecule has 0 aliphatic rings. The molecule has 3 heterocycles. The van der Waals surface area contributed by atoms with Gasteiger partial charge in [0.1, 0.15) is 28.8 Å². The maximum absolute atomic E-state index is 9.19.